The Kier molecular flexibility index (Phi) is 3.68. The normalized spacial score (nSPS) is 11.3. The van der Waals surface area contributed by atoms with Crippen molar-refractivity contribution < 1.29 is 8.42 Å². The molecular formula is C13H13ClN2O2S. The quantitative estimate of drug-likeness (QED) is 0.855. The number of nitrogens with one attached hydrogen (secondary N) is 1. The number of hydrogen-bond donors (Lipinski definition) is 2. The summed E-state index contributed by atoms with van der Waals surface area (Å²) >= 11 is 5.93. The van der Waals surface area contributed by atoms with Crippen LogP contribution in [0.1, 0.15) is 5.56 Å². The van der Waals surface area contributed by atoms with Crippen LogP contribution in [-0.4, -0.2) is 8.42 Å². The van der Waals surface area contributed by atoms with Crippen molar-refractivity contribution in [2.75, 3.05) is 10.5 Å². The third-order valence-electron chi connectivity index (χ3n) is 2.67. The van der Waals surface area contributed by atoms with Crippen molar-refractivity contribution in [1.82, 2.24) is 0 Å². The number of benzene rings is 2. The molecule has 6 heteroatoms. The summed E-state index contributed by atoms with van der Waals surface area (Å²) in [5.74, 6) is 0. The van der Waals surface area contributed by atoms with Gasteiger partial charge >= 0.3 is 0 Å². The lowest BCUT2D eigenvalue weighted by molar-refractivity contribution is 0.600. The molecule has 2 aromatic rings. The van der Waals surface area contributed by atoms with E-state index in [1.807, 2.05) is 0 Å². The van der Waals surface area contributed by atoms with Crippen LogP contribution < -0.4 is 10.5 Å². The minimum Gasteiger partial charge on any atom is -0.399 e. The largest absolute Gasteiger partial charge is 0.399 e. The van der Waals surface area contributed by atoms with Gasteiger partial charge in [-0.05, 0) is 48.9 Å². The Bertz CT molecular complexity index is 697. The van der Waals surface area contributed by atoms with Crippen LogP contribution in [0.5, 0.6) is 0 Å². The van der Waals surface area contributed by atoms with Crippen molar-refractivity contribution in [2.24, 2.45) is 0 Å². The van der Waals surface area contributed by atoms with E-state index in [4.69, 9.17) is 17.3 Å². The maximum Gasteiger partial charge on any atom is 0.262 e. The number of sulfonamides is 1. The van der Waals surface area contributed by atoms with E-state index in [1.165, 1.54) is 6.07 Å². The monoisotopic (exact) mass is 296 g/mol. The molecule has 0 amide bonds. The van der Waals surface area contributed by atoms with E-state index < -0.39 is 10.0 Å². The van der Waals surface area contributed by atoms with Crippen molar-refractivity contribution in [3.05, 3.63) is 53.1 Å². The SMILES string of the molecule is Cc1c(Cl)cccc1S(=O)(=O)Nc1ccc(N)cc1. The van der Waals surface area contributed by atoms with Gasteiger partial charge in [0.1, 0.15) is 0 Å². The Morgan fingerprint density at radius 2 is 1.74 bits per heavy atom. The van der Waals surface area contributed by atoms with Gasteiger partial charge in [0.25, 0.3) is 10.0 Å². The predicted octanol–water partition coefficient (Wildman–Crippen LogP) is 3.03. The molecule has 0 aromatic heterocycles. The van der Waals surface area contributed by atoms with Crippen molar-refractivity contribution in [3.63, 3.8) is 0 Å². The lowest BCUT2D eigenvalue weighted by Crippen LogP contribution is -2.14. The Balaban J connectivity index is 2.38. The first kappa shape index (κ1) is 13.7. The highest BCUT2D eigenvalue weighted by Gasteiger charge is 2.17. The van der Waals surface area contributed by atoms with Crippen molar-refractivity contribution >= 4 is 33.0 Å². The molecule has 0 atom stereocenters. The number of nitrogens with two attached hydrogens (primary N) is 1. The van der Waals surface area contributed by atoms with E-state index in [1.54, 1.807) is 43.3 Å². The van der Waals surface area contributed by atoms with E-state index in [2.05, 4.69) is 4.72 Å². The fourth-order valence-electron chi connectivity index (χ4n) is 1.64. The molecule has 0 spiro atoms. The zero-order chi connectivity index (χ0) is 14.0. The Labute approximate surface area is 117 Å². The number of nitrogen functional groups attached to an aromatic ring is 1. The molecule has 0 fully saturated rings. The van der Waals surface area contributed by atoms with Crippen LogP contribution in [0.3, 0.4) is 0 Å². The van der Waals surface area contributed by atoms with Gasteiger partial charge in [-0.25, -0.2) is 8.42 Å². The molecule has 4 nitrogen and oxygen atoms in total. The fraction of sp³-hybridized carbons (Fsp3) is 0.0769. The number of halogens is 1. The highest BCUT2D eigenvalue weighted by Crippen LogP contribution is 2.24. The summed E-state index contributed by atoms with van der Waals surface area (Å²) in [4.78, 5) is 0.164. The molecule has 2 rings (SSSR count). The highest BCUT2D eigenvalue weighted by atomic mass is 35.5. The molecule has 0 unspecified atom stereocenters. The zero-order valence-corrected chi connectivity index (χ0v) is 11.8. The average molecular weight is 297 g/mol. The van der Waals surface area contributed by atoms with Crippen LogP contribution in [-0.2, 0) is 10.0 Å². The molecule has 0 aliphatic rings. The van der Waals surface area contributed by atoms with Gasteiger partial charge in [0.05, 0.1) is 4.90 Å². The second kappa shape index (κ2) is 5.11. The van der Waals surface area contributed by atoms with E-state index in [9.17, 15) is 8.42 Å². The number of rotatable bonds is 3. The van der Waals surface area contributed by atoms with Crippen molar-refractivity contribution in [3.8, 4) is 0 Å². The second-order valence-electron chi connectivity index (χ2n) is 4.09. The van der Waals surface area contributed by atoms with Crippen LogP contribution in [0.2, 0.25) is 5.02 Å². The molecule has 100 valence electrons. The van der Waals surface area contributed by atoms with E-state index in [0.29, 0.717) is 22.0 Å². The van der Waals surface area contributed by atoms with Crippen LogP contribution in [0.4, 0.5) is 11.4 Å². The molecule has 2 aromatic carbocycles. The van der Waals surface area contributed by atoms with Gasteiger partial charge in [-0.1, -0.05) is 17.7 Å². The van der Waals surface area contributed by atoms with Gasteiger partial charge in [0.2, 0.25) is 0 Å². The van der Waals surface area contributed by atoms with Crippen LogP contribution in [0.25, 0.3) is 0 Å². The van der Waals surface area contributed by atoms with E-state index in [0.717, 1.165) is 0 Å². The number of hydrogen-bond acceptors (Lipinski definition) is 3. The topological polar surface area (TPSA) is 72.2 Å². The van der Waals surface area contributed by atoms with Gasteiger partial charge in [0, 0.05) is 16.4 Å². The van der Waals surface area contributed by atoms with Gasteiger partial charge in [-0.2, -0.15) is 0 Å². The third kappa shape index (κ3) is 3.00. The summed E-state index contributed by atoms with van der Waals surface area (Å²) in [7, 11) is -3.65. The Hall–Kier alpha value is -1.72. The van der Waals surface area contributed by atoms with E-state index in [-0.39, 0.29) is 4.90 Å². The molecule has 19 heavy (non-hydrogen) atoms. The van der Waals surface area contributed by atoms with Crippen LogP contribution in [0.15, 0.2) is 47.4 Å². The second-order valence-corrected chi connectivity index (χ2v) is 6.15. The zero-order valence-electron chi connectivity index (χ0n) is 10.2. The minimum atomic E-state index is -3.65. The molecular weight excluding hydrogens is 284 g/mol. The molecule has 0 heterocycles. The molecule has 0 radical (unpaired) electrons. The first-order chi connectivity index (χ1) is 8.90. The van der Waals surface area contributed by atoms with Crippen LogP contribution in [0, 0.1) is 6.92 Å². The van der Waals surface area contributed by atoms with E-state index >= 15 is 0 Å². The lowest BCUT2D eigenvalue weighted by atomic mass is 10.2. The molecule has 0 saturated heterocycles. The molecule has 3 N–H and O–H groups in total. The summed E-state index contributed by atoms with van der Waals surface area (Å²) in [6, 6.07) is 11.2. The smallest absolute Gasteiger partial charge is 0.262 e. The summed E-state index contributed by atoms with van der Waals surface area (Å²) in [5, 5.41) is 0.417. The van der Waals surface area contributed by atoms with Crippen LogP contribution >= 0.6 is 11.6 Å². The molecule has 0 saturated carbocycles. The first-order valence-electron chi connectivity index (χ1n) is 5.53. The number of anilines is 2. The Morgan fingerprint density at radius 3 is 2.37 bits per heavy atom. The third-order valence-corrected chi connectivity index (χ3v) is 4.61. The maximum atomic E-state index is 12.3. The van der Waals surface area contributed by atoms with Gasteiger partial charge < -0.3 is 5.73 Å². The molecule has 0 aliphatic carbocycles. The average Bonchev–Trinajstić information content (AvgIpc) is 2.35. The van der Waals surface area contributed by atoms with Crippen molar-refractivity contribution in [1.29, 1.82) is 0 Å². The minimum absolute atomic E-state index is 0.164. The molecule has 0 bridgehead atoms. The summed E-state index contributed by atoms with van der Waals surface area (Å²) in [5.41, 5.74) is 7.09. The lowest BCUT2D eigenvalue weighted by Gasteiger charge is -2.11. The van der Waals surface area contributed by atoms with Crippen molar-refractivity contribution in [2.45, 2.75) is 11.8 Å². The first-order valence-corrected chi connectivity index (χ1v) is 7.40. The standard InChI is InChI=1S/C13H13ClN2O2S/c1-9-12(14)3-2-4-13(9)19(17,18)16-11-7-5-10(15)6-8-11/h2-8,16H,15H2,1H3. The van der Waals surface area contributed by atoms with Gasteiger partial charge in [-0.15, -0.1) is 0 Å². The fourth-order valence-corrected chi connectivity index (χ4v) is 3.20. The summed E-state index contributed by atoms with van der Waals surface area (Å²) in [6.07, 6.45) is 0. The van der Waals surface area contributed by atoms with Gasteiger partial charge in [0.15, 0.2) is 0 Å². The Morgan fingerprint density at radius 1 is 1.11 bits per heavy atom. The predicted molar refractivity (Wildman–Crippen MR) is 77.9 cm³/mol. The van der Waals surface area contributed by atoms with Gasteiger partial charge in [-0.3, -0.25) is 4.72 Å². The summed E-state index contributed by atoms with van der Waals surface area (Å²) < 4.78 is 27.0. The molecule has 0 aliphatic heterocycles. The summed E-state index contributed by atoms with van der Waals surface area (Å²) in [6.45, 7) is 1.67. The maximum absolute atomic E-state index is 12.3. The highest BCUT2D eigenvalue weighted by molar-refractivity contribution is 7.92.